The van der Waals surface area contributed by atoms with Crippen LogP contribution in [0.3, 0.4) is 0 Å². The minimum atomic E-state index is -0.846. The largest absolute Gasteiger partial charge is 0.481 e. The highest BCUT2D eigenvalue weighted by Gasteiger charge is 2.12. The molecule has 0 aliphatic rings. The maximum absolute atomic E-state index is 12.7. The molecule has 0 fully saturated rings. The Balaban J connectivity index is 2.00. The van der Waals surface area contributed by atoms with E-state index < -0.39 is 5.97 Å². The first-order chi connectivity index (χ1) is 11.5. The van der Waals surface area contributed by atoms with Crippen LogP contribution in [0.1, 0.15) is 29.8 Å². The summed E-state index contributed by atoms with van der Waals surface area (Å²) in [4.78, 5) is 23.3. The van der Waals surface area contributed by atoms with E-state index in [1.165, 1.54) is 0 Å². The van der Waals surface area contributed by atoms with Crippen LogP contribution >= 0.6 is 0 Å². The first-order valence-electron chi connectivity index (χ1n) is 7.71. The van der Waals surface area contributed by atoms with Crippen molar-refractivity contribution in [3.8, 4) is 5.69 Å². The van der Waals surface area contributed by atoms with Crippen molar-refractivity contribution < 1.29 is 9.90 Å². The Bertz CT molecular complexity index is 951. The average Bonchev–Trinajstić information content (AvgIpc) is 2.90. The third-order valence-electron chi connectivity index (χ3n) is 3.82. The van der Waals surface area contributed by atoms with Crippen LogP contribution in [-0.2, 0) is 11.2 Å². The van der Waals surface area contributed by atoms with Crippen molar-refractivity contribution in [1.82, 2.24) is 19.2 Å². The van der Waals surface area contributed by atoms with Crippen LogP contribution in [0, 0.1) is 13.8 Å². The summed E-state index contributed by atoms with van der Waals surface area (Å²) in [7, 11) is 0. The number of benzene rings is 1. The van der Waals surface area contributed by atoms with E-state index in [1.807, 2.05) is 32.0 Å². The molecule has 7 heteroatoms. The molecule has 24 heavy (non-hydrogen) atoms. The molecule has 0 unspecified atom stereocenters. The zero-order chi connectivity index (χ0) is 17.3. The fourth-order valence-corrected chi connectivity index (χ4v) is 2.80. The predicted molar refractivity (Wildman–Crippen MR) is 88.6 cm³/mol. The maximum Gasteiger partial charge on any atom is 0.303 e. The Morgan fingerprint density at radius 2 is 1.83 bits per heavy atom. The molecule has 0 amide bonds. The Kier molecular flexibility index (Phi) is 4.16. The molecule has 3 aromatic rings. The van der Waals surface area contributed by atoms with Crippen molar-refractivity contribution in [3.63, 3.8) is 0 Å². The molecule has 124 valence electrons. The van der Waals surface area contributed by atoms with Crippen LogP contribution < -0.4 is 5.56 Å². The molecular weight excluding hydrogens is 308 g/mol. The fraction of sp³-hybridized carbons (Fsp3) is 0.294. The Hall–Kier alpha value is -2.96. The lowest BCUT2D eigenvalue weighted by Gasteiger charge is -2.08. The van der Waals surface area contributed by atoms with Crippen LogP contribution in [-0.4, -0.2) is 30.2 Å². The summed E-state index contributed by atoms with van der Waals surface area (Å²) in [6, 6.07) is 5.93. The van der Waals surface area contributed by atoms with Gasteiger partial charge in [0.15, 0.2) is 0 Å². The fourth-order valence-electron chi connectivity index (χ4n) is 2.80. The van der Waals surface area contributed by atoms with E-state index in [9.17, 15) is 9.59 Å². The monoisotopic (exact) mass is 326 g/mol. The number of aromatic nitrogens is 4. The van der Waals surface area contributed by atoms with Crippen molar-refractivity contribution in [3.05, 3.63) is 57.9 Å². The molecule has 3 rings (SSSR count). The molecule has 7 nitrogen and oxygen atoms in total. The van der Waals surface area contributed by atoms with Gasteiger partial charge in [0.05, 0.1) is 0 Å². The van der Waals surface area contributed by atoms with Gasteiger partial charge in [-0.3, -0.25) is 18.6 Å². The number of nitrogens with zero attached hydrogens (tertiary/aromatic N) is 4. The average molecular weight is 326 g/mol. The number of carboxylic acid groups (broad SMARTS) is 1. The van der Waals surface area contributed by atoms with Gasteiger partial charge in [0, 0.05) is 30.9 Å². The SMILES string of the molecule is Cc1cc(C)cc(-n2ccn3c(CCCC(=O)O)nnc3c2=O)c1. The second-order valence-corrected chi connectivity index (χ2v) is 5.88. The molecule has 2 heterocycles. The van der Waals surface area contributed by atoms with Gasteiger partial charge in [-0.25, -0.2) is 0 Å². The van der Waals surface area contributed by atoms with Gasteiger partial charge in [0.1, 0.15) is 5.82 Å². The molecule has 0 aliphatic heterocycles. The van der Waals surface area contributed by atoms with E-state index >= 15 is 0 Å². The van der Waals surface area contributed by atoms with Gasteiger partial charge < -0.3 is 5.11 Å². The lowest BCUT2D eigenvalue weighted by atomic mass is 10.1. The lowest BCUT2D eigenvalue weighted by Crippen LogP contribution is -2.20. The van der Waals surface area contributed by atoms with Gasteiger partial charge >= 0.3 is 11.5 Å². The Labute approximate surface area is 138 Å². The van der Waals surface area contributed by atoms with E-state index in [-0.39, 0.29) is 17.6 Å². The van der Waals surface area contributed by atoms with Crippen molar-refractivity contribution >= 4 is 11.6 Å². The van der Waals surface area contributed by atoms with Gasteiger partial charge in [0.2, 0.25) is 5.65 Å². The van der Waals surface area contributed by atoms with E-state index in [0.29, 0.717) is 18.7 Å². The summed E-state index contributed by atoms with van der Waals surface area (Å²) in [6.45, 7) is 3.97. The molecule has 1 aromatic carbocycles. The van der Waals surface area contributed by atoms with Crippen molar-refractivity contribution in [2.24, 2.45) is 0 Å². The second kappa shape index (κ2) is 6.27. The highest BCUT2D eigenvalue weighted by atomic mass is 16.4. The standard InChI is InChI=1S/C17H18N4O3/c1-11-8-12(2)10-13(9-11)20-6-7-21-14(4-3-5-15(22)23)18-19-16(21)17(20)24/h6-10H,3-5H2,1-2H3,(H,22,23). The number of rotatable bonds is 5. The third kappa shape index (κ3) is 3.05. The number of aliphatic carboxylic acids is 1. The van der Waals surface area contributed by atoms with Crippen LogP contribution in [0.4, 0.5) is 0 Å². The van der Waals surface area contributed by atoms with Crippen LogP contribution in [0.15, 0.2) is 35.4 Å². The normalized spacial score (nSPS) is 11.1. The summed E-state index contributed by atoms with van der Waals surface area (Å²) < 4.78 is 3.17. The smallest absolute Gasteiger partial charge is 0.303 e. The van der Waals surface area contributed by atoms with Crippen LogP contribution in [0.2, 0.25) is 0 Å². The molecule has 0 saturated heterocycles. The molecule has 0 bridgehead atoms. The van der Waals surface area contributed by atoms with E-state index in [1.54, 1.807) is 21.4 Å². The molecule has 0 saturated carbocycles. The van der Waals surface area contributed by atoms with E-state index in [0.717, 1.165) is 16.8 Å². The molecule has 0 spiro atoms. The minimum Gasteiger partial charge on any atom is -0.481 e. The molecule has 2 aromatic heterocycles. The molecule has 1 N–H and O–H groups in total. The van der Waals surface area contributed by atoms with Crippen LogP contribution in [0.5, 0.6) is 0 Å². The summed E-state index contributed by atoms with van der Waals surface area (Å²) >= 11 is 0. The van der Waals surface area contributed by atoms with Crippen molar-refractivity contribution in [2.45, 2.75) is 33.1 Å². The topological polar surface area (TPSA) is 89.5 Å². The van der Waals surface area contributed by atoms with E-state index in [2.05, 4.69) is 10.2 Å². The zero-order valence-electron chi connectivity index (χ0n) is 13.6. The van der Waals surface area contributed by atoms with Gasteiger partial charge in [-0.2, -0.15) is 0 Å². The van der Waals surface area contributed by atoms with Crippen LogP contribution in [0.25, 0.3) is 11.3 Å². The predicted octanol–water partition coefficient (Wildman–Crippen LogP) is 1.90. The second-order valence-electron chi connectivity index (χ2n) is 5.88. The highest BCUT2D eigenvalue weighted by molar-refractivity contribution is 5.66. The van der Waals surface area contributed by atoms with Crippen molar-refractivity contribution in [2.75, 3.05) is 0 Å². The Morgan fingerprint density at radius 3 is 2.50 bits per heavy atom. The van der Waals surface area contributed by atoms with E-state index in [4.69, 9.17) is 5.11 Å². The first-order valence-corrected chi connectivity index (χ1v) is 7.71. The van der Waals surface area contributed by atoms with Gasteiger partial charge in [0.25, 0.3) is 0 Å². The minimum absolute atomic E-state index is 0.0640. The summed E-state index contributed by atoms with van der Waals surface area (Å²) in [5.74, 6) is -0.253. The highest BCUT2D eigenvalue weighted by Crippen LogP contribution is 2.13. The number of hydrogen-bond acceptors (Lipinski definition) is 4. The molecule has 0 atom stereocenters. The molecule has 0 aliphatic carbocycles. The lowest BCUT2D eigenvalue weighted by molar-refractivity contribution is -0.137. The molecular formula is C17H18N4O3. The quantitative estimate of drug-likeness (QED) is 0.773. The molecule has 0 radical (unpaired) electrons. The number of fused-ring (bicyclic) bond motifs is 1. The van der Waals surface area contributed by atoms with Gasteiger partial charge in [-0.1, -0.05) is 6.07 Å². The first kappa shape index (κ1) is 15.9. The van der Waals surface area contributed by atoms with Gasteiger partial charge in [-0.05, 0) is 43.5 Å². The number of carbonyl (C=O) groups is 1. The number of carboxylic acids is 1. The third-order valence-corrected chi connectivity index (χ3v) is 3.82. The Morgan fingerprint density at radius 1 is 1.12 bits per heavy atom. The number of hydrogen-bond donors (Lipinski definition) is 1. The van der Waals surface area contributed by atoms with Gasteiger partial charge in [-0.15, -0.1) is 10.2 Å². The summed E-state index contributed by atoms with van der Waals surface area (Å²) in [5.41, 5.74) is 2.93. The van der Waals surface area contributed by atoms with Crippen molar-refractivity contribution in [1.29, 1.82) is 0 Å². The number of aryl methyl sites for hydroxylation is 3. The summed E-state index contributed by atoms with van der Waals surface area (Å²) in [5, 5.41) is 16.7. The summed E-state index contributed by atoms with van der Waals surface area (Å²) in [6.07, 6.45) is 4.41. The zero-order valence-corrected chi connectivity index (χ0v) is 13.6. The maximum atomic E-state index is 12.7.